The Bertz CT molecular complexity index is 1600. The molecule has 4 aromatic rings. The molecule has 0 unspecified atom stereocenters. The maximum Gasteiger partial charge on any atom is 0.434 e. The van der Waals surface area contributed by atoms with Crippen molar-refractivity contribution in [3.63, 3.8) is 0 Å². The standard InChI is InChI=1S/C26H25F3N6O4S/c1-3-6-31-25(38)35-21-10-16(24-34-20(13-40-24)26(27,28)29)17(11-33-21)14-4-5-15-19(9-14)32-12-18(22(15)36)23(37)30-7-8-39-2/h4-5,9-13H,3,6-8H2,1-2H3,(H,30,37)(H,32,36)(H2,31,33,35,38). The molecule has 0 fully saturated rings. The molecule has 3 aromatic heterocycles. The number of fused-ring (bicyclic) bond motifs is 1. The number of rotatable bonds is 9. The van der Waals surface area contributed by atoms with Crippen LogP contribution < -0.4 is 21.4 Å². The molecule has 4 N–H and O–H groups in total. The van der Waals surface area contributed by atoms with Gasteiger partial charge in [0, 0.05) is 60.0 Å². The van der Waals surface area contributed by atoms with Crippen molar-refractivity contribution in [2.75, 3.05) is 32.1 Å². The van der Waals surface area contributed by atoms with Crippen LogP contribution in [0.4, 0.5) is 23.8 Å². The molecule has 0 atom stereocenters. The van der Waals surface area contributed by atoms with Crippen molar-refractivity contribution < 1.29 is 27.5 Å². The number of alkyl halides is 3. The topological polar surface area (TPSA) is 138 Å². The number of hydrogen-bond donors (Lipinski definition) is 4. The van der Waals surface area contributed by atoms with Crippen molar-refractivity contribution in [3.8, 4) is 21.7 Å². The number of pyridine rings is 2. The predicted octanol–water partition coefficient (Wildman–Crippen LogP) is 4.64. The van der Waals surface area contributed by atoms with Crippen LogP contribution in [0.5, 0.6) is 0 Å². The van der Waals surface area contributed by atoms with Gasteiger partial charge in [-0.25, -0.2) is 14.8 Å². The van der Waals surface area contributed by atoms with Crippen LogP contribution in [0.15, 0.2) is 46.8 Å². The first-order chi connectivity index (χ1) is 19.1. The summed E-state index contributed by atoms with van der Waals surface area (Å²) in [6.07, 6.45) is -1.20. The number of nitrogens with zero attached hydrogens (tertiary/aromatic N) is 2. The second-order valence-electron chi connectivity index (χ2n) is 8.57. The average Bonchev–Trinajstić information content (AvgIpc) is 3.43. The quantitative estimate of drug-likeness (QED) is 0.215. The molecular weight excluding hydrogens is 549 g/mol. The lowest BCUT2D eigenvalue weighted by atomic mass is 10.00. The molecule has 40 heavy (non-hydrogen) atoms. The number of anilines is 1. The van der Waals surface area contributed by atoms with E-state index in [-0.39, 0.29) is 34.9 Å². The van der Waals surface area contributed by atoms with Gasteiger partial charge in [0.15, 0.2) is 5.69 Å². The number of urea groups is 1. The first-order valence-electron chi connectivity index (χ1n) is 12.1. The van der Waals surface area contributed by atoms with Crippen LogP contribution in [0.25, 0.3) is 32.6 Å². The summed E-state index contributed by atoms with van der Waals surface area (Å²) in [5.41, 5.74) is 0.0548. The minimum absolute atomic E-state index is 0.0680. The van der Waals surface area contributed by atoms with E-state index in [4.69, 9.17) is 4.74 Å². The highest BCUT2D eigenvalue weighted by Crippen LogP contribution is 2.38. The third-order valence-corrected chi connectivity index (χ3v) is 6.61. The highest BCUT2D eigenvalue weighted by Gasteiger charge is 2.34. The van der Waals surface area contributed by atoms with Crippen molar-refractivity contribution in [2.24, 2.45) is 0 Å². The molecule has 0 bridgehead atoms. The van der Waals surface area contributed by atoms with E-state index >= 15 is 0 Å². The van der Waals surface area contributed by atoms with Gasteiger partial charge in [-0.05, 0) is 30.2 Å². The Balaban J connectivity index is 1.75. The number of carbonyl (C=O) groups excluding carboxylic acids is 2. The number of carbonyl (C=O) groups is 2. The molecule has 0 radical (unpaired) electrons. The molecule has 0 aliphatic carbocycles. The van der Waals surface area contributed by atoms with Gasteiger partial charge in [-0.1, -0.05) is 13.0 Å². The van der Waals surface area contributed by atoms with E-state index in [0.717, 1.165) is 16.7 Å². The van der Waals surface area contributed by atoms with Crippen molar-refractivity contribution >= 4 is 40.0 Å². The van der Waals surface area contributed by atoms with Crippen LogP contribution in [0.2, 0.25) is 0 Å². The second kappa shape index (κ2) is 12.3. The third-order valence-electron chi connectivity index (χ3n) is 5.73. The van der Waals surface area contributed by atoms with E-state index in [1.54, 1.807) is 12.1 Å². The number of ether oxygens (including phenoxy) is 1. The van der Waals surface area contributed by atoms with Gasteiger partial charge in [0.2, 0.25) is 5.43 Å². The van der Waals surface area contributed by atoms with Gasteiger partial charge in [-0.15, -0.1) is 11.3 Å². The van der Waals surface area contributed by atoms with Gasteiger partial charge < -0.3 is 20.4 Å². The predicted molar refractivity (Wildman–Crippen MR) is 145 cm³/mol. The smallest absolute Gasteiger partial charge is 0.383 e. The fraction of sp³-hybridized carbons (Fsp3) is 0.269. The summed E-state index contributed by atoms with van der Waals surface area (Å²) in [7, 11) is 1.49. The molecule has 210 valence electrons. The summed E-state index contributed by atoms with van der Waals surface area (Å²) in [6, 6.07) is 5.69. The Labute approximate surface area is 230 Å². The van der Waals surface area contributed by atoms with Gasteiger partial charge in [0.25, 0.3) is 5.91 Å². The lowest BCUT2D eigenvalue weighted by Gasteiger charge is -2.12. The average molecular weight is 575 g/mol. The highest BCUT2D eigenvalue weighted by molar-refractivity contribution is 7.13. The van der Waals surface area contributed by atoms with Crippen LogP contribution in [-0.4, -0.2) is 53.7 Å². The maximum absolute atomic E-state index is 13.3. The Morgan fingerprint density at radius 1 is 1.12 bits per heavy atom. The number of benzene rings is 1. The fourth-order valence-electron chi connectivity index (χ4n) is 3.78. The molecule has 10 nitrogen and oxygen atoms in total. The summed E-state index contributed by atoms with van der Waals surface area (Å²) in [5.74, 6) is -0.430. The number of amides is 3. The zero-order valence-electron chi connectivity index (χ0n) is 21.4. The normalized spacial score (nSPS) is 11.4. The number of halogens is 3. The third kappa shape index (κ3) is 6.46. The maximum atomic E-state index is 13.3. The van der Waals surface area contributed by atoms with Gasteiger partial charge in [0.1, 0.15) is 16.4 Å². The fourth-order valence-corrected chi connectivity index (χ4v) is 4.63. The molecule has 0 saturated heterocycles. The SMILES string of the molecule is CCCNC(=O)Nc1cc(-c2nc(C(F)(F)F)cs2)c(-c2ccc3c(=O)c(C(=O)NCCOC)c[nH]c3c2)cn1. The van der Waals surface area contributed by atoms with Crippen LogP contribution in [0.1, 0.15) is 29.4 Å². The molecule has 0 spiro atoms. The monoisotopic (exact) mass is 574 g/mol. The van der Waals surface area contributed by atoms with Gasteiger partial charge in [-0.3, -0.25) is 14.9 Å². The molecule has 3 amide bonds. The molecular formula is C26H25F3N6O4S. The molecule has 0 saturated carbocycles. The Morgan fingerprint density at radius 2 is 1.93 bits per heavy atom. The van der Waals surface area contributed by atoms with E-state index in [0.29, 0.717) is 35.2 Å². The van der Waals surface area contributed by atoms with E-state index < -0.39 is 29.2 Å². The number of methoxy groups -OCH3 is 1. The number of nitrogens with one attached hydrogen (secondary N) is 4. The number of hydrogen-bond acceptors (Lipinski definition) is 7. The van der Waals surface area contributed by atoms with Crippen LogP contribution >= 0.6 is 11.3 Å². The second-order valence-corrected chi connectivity index (χ2v) is 9.43. The molecule has 1 aromatic carbocycles. The Hall–Kier alpha value is -4.30. The number of aromatic nitrogens is 3. The summed E-state index contributed by atoms with van der Waals surface area (Å²) < 4.78 is 44.8. The summed E-state index contributed by atoms with van der Waals surface area (Å²) in [4.78, 5) is 48.5. The Kier molecular flexibility index (Phi) is 8.80. The highest BCUT2D eigenvalue weighted by atomic mass is 32.1. The van der Waals surface area contributed by atoms with Gasteiger partial charge in [-0.2, -0.15) is 13.2 Å². The van der Waals surface area contributed by atoms with Crippen molar-refractivity contribution in [3.05, 3.63) is 63.5 Å². The minimum Gasteiger partial charge on any atom is -0.383 e. The van der Waals surface area contributed by atoms with Crippen LogP contribution in [-0.2, 0) is 10.9 Å². The first-order valence-corrected chi connectivity index (χ1v) is 13.0. The molecule has 3 heterocycles. The van der Waals surface area contributed by atoms with E-state index in [9.17, 15) is 27.6 Å². The zero-order valence-corrected chi connectivity index (χ0v) is 22.3. The van der Waals surface area contributed by atoms with Crippen LogP contribution in [0.3, 0.4) is 0 Å². The van der Waals surface area contributed by atoms with E-state index in [2.05, 4.69) is 30.9 Å². The summed E-state index contributed by atoms with van der Waals surface area (Å²) in [5, 5.41) is 9.04. The van der Waals surface area contributed by atoms with Gasteiger partial charge in [0.05, 0.1) is 6.61 Å². The molecule has 4 rings (SSSR count). The van der Waals surface area contributed by atoms with E-state index in [1.807, 2.05) is 6.92 Å². The Morgan fingerprint density at radius 3 is 2.62 bits per heavy atom. The van der Waals surface area contributed by atoms with Crippen molar-refractivity contribution in [1.29, 1.82) is 0 Å². The van der Waals surface area contributed by atoms with Crippen molar-refractivity contribution in [1.82, 2.24) is 25.6 Å². The molecule has 14 heteroatoms. The zero-order chi connectivity index (χ0) is 28.9. The number of H-pyrrole nitrogens is 1. The summed E-state index contributed by atoms with van der Waals surface area (Å²) >= 11 is 0.801. The summed E-state index contributed by atoms with van der Waals surface area (Å²) in [6.45, 7) is 2.85. The number of aromatic amines is 1. The molecule has 0 aliphatic heterocycles. The van der Waals surface area contributed by atoms with Crippen LogP contribution in [0, 0.1) is 0 Å². The number of thiazole rings is 1. The lowest BCUT2D eigenvalue weighted by molar-refractivity contribution is -0.140. The van der Waals surface area contributed by atoms with Gasteiger partial charge >= 0.3 is 12.2 Å². The lowest BCUT2D eigenvalue weighted by Crippen LogP contribution is -2.31. The van der Waals surface area contributed by atoms with Crippen molar-refractivity contribution in [2.45, 2.75) is 19.5 Å². The first kappa shape index (κ1) is 28.7. The molecule has 0 aliphatic rings. The van der Waals surface area contributed by atoms with E-state index in [1.165, 1.54) is 31.6 Å². The largest absolute Gasteiger partial charge is 0.434 e. The minimum atomic E-state index is -4.63.